The highest BCUT2D eigenvalue weighted by molar-refractivity contribution is 5.86. The number of carboxylic acid groups (broad SMARTS) is 1. The number of nitrogens with zero attached hydrogens (tertiary/aromatic N) is 1. The number of benzene rings is 1. The van der Waals surface area contributed by atoms with Gasteiger partial charge in [-0.3, -0.25) is 9.89 Å². The van der Waals surface area contributed by atoms with E-state index in [1.54, 1.807) is 24.3 Å². The highest BCUT2D eigenvalue weighted by atomic mass is 16.4. The van der Waals surface area contributed by atoms with Gasteiger partial charge in [-0.05, 0) is 24.1 Å². The largest absolute Gasteiger partial charge is 0.477 e. The fourth-order valence-electron chi connectivity index (χ4n) is 1.42. The monoisotopic (exact) mass is 240 g/mol. The molecule has 2 aromatic rings. The van der Waals surface area contributed by atoms with Crippen LogP contribution in [0.3, 0.4) is 0 Å². The van der Waals surface area contributed by atoms with Crippen molar-refractivity contribution in [1.29, 1.82) is 0 Å². The van der Waals surface area contributed by atoms with Crippen molar-refractivity contribution in [3.8, 4) is 23.1 Å². The number of rotatable bonds is 2. The second-order valence-electron chi connectivity index (χ2n) is 3.44. The summed E-state index contributed by atoms with van der Waals surface area (Å²) >= 11 is 0. The molecule has 0 atom stereocenters. The van der Waals surface area contributed by atoms with Crippen molar-refractivity contribution < 1.29 is 14.7 Å². The van der Waals surface area contributed by atoms with Crippen LogP contribution in [0.15, 0.2) is 30.3 Å². The molecule has 5 heteroatoms. The molecule has 0 fully saturated rings. The second kappa shape index (κ2) is 4.97. The quantitative estimate of drug-likeness (QED) is 0.612. The molecule has 2 N–H and O–H groups in total. The van der Waals surface area contributed by atoms with Gasteiger partial charge in [0.25, 0.3) is 0 Å². The minimum atomic E-state index is -1.05. The van der Waals surface area contributed by atoms with Crippen LogP contribution in [0.25, 0.3) is 11.3 Å². The van der Waals surface area contributed by atoms with Crippen LogP contribution in [-0.4, -0.2) is 27.6 Å². The smallest absolute Gasteiger partial charge is 0.353 e. The van der Waals surface area contributed by atoms with Crippen LogP contribution in [0.5, 0.6) is 0 Å². The van der Waals surface area contributed by atoms with Crippen LogP contribution in [0.1, 0.15) is 16.1 Å². The lowest BCUT2D eigenvalue weighted by Crippen LogP contribution is -1.95. The van der Waals surface area contributed by atoms with Gasteiger partial charge in [-0.15, -0.1) is 0 Å². The molecule has 0 aliphatic rings. The summed E-state index contributed by atoms with van der Waals surface area (Å²) < 4.78 is 0. The third-order valence-electron chi connectivity index (χ3n) is 2.26. The Bertz CT molecular complexity index is 645. The van der Waals surface area contributed by atoms with Gasteiger partial charge in [0.1, 0.15) is 5.69 Å². The van der Waals surface area contributed by atoms with E-state index in [4.69, 9.17) is 5.11 Å². The summed E-state index contributed by atoms with van der Waals surface area (Å²) in [7, 11) is 0. The average molecular weight is 240 g/mol. The molecule has 0 unspecified atom stereocenters. The lowest BCUT2D eigenvalue weighted by Gasteiger charge is -1.95. The number of aldehydes is 1. The van der Waals surface area contributed by atoms with Gasteiger partial charge >= 0.3 is 5.97 Å². The van der Waals surface area contributed by atoms with Crippen molar-refractivity contribution >= 4 is 12.3 Å². The van der Waals surface area contributed by atoms with Gasteiger partial charge in [0.2, 0.25) is 0 Å². The topological polar surface area (TPSA) is 83.0 Å². The van der Waals surface area contributed by atoms with Crippen LogP contribution in [0.4, 0.5) is 0 Å². The van der Waals surface area contributed by atoms with Crippen LogP contribution in [-0.2, 0) is 4.79 Å². The Labute approximate surface area is 102 Å². The number of hydrogen-bond donors (Lipinski definition) is 2. The number of carbonyl (C=O) groups excluding carboxylic acids is 1. The molecule has 0 saturated carbocycles. The van der Waals surface area contributed by atoms with Crippen molar-refractivity contribution in [2.75, 3.05) is 0 Å². The maximum Gasteiger partial charge on any atom is 0.353 e. The third kappa shape index (κ3) is 2.44. The van der Waals surface area contributed by atoms with Crippen molar-refractivity contribution in [1.82, 2.24) is 10.2 Å². The average Bonchev–Trinajstić information content (AvgIpc) is 2.87. The first-order valence-electron chi connectivity index (χ1n) is 5.05. The van der Waals surface area contributed by atoms with E-state index in [1.807, 2.05) is 0 Å². The number of aromatic nitrogens is 2. The Morgan fingerprint density at radius 3 is 2.61 bits per heavy atom. The lowest BCUT2D eigenvalue weighted by molar-refractivity contribution is -0.103. The van der Waals surface area contributed by atoms with E-state index in [-0.39, 0.29) is 5.69 Å². The maximum atomic E-state index is 10.7. The molecule has 1 aromatic heterocycles. The molecule has 1 heterocycles. The van der Waals surface area contributed by atoms with E-state index in [9.17, 15) is 9.59 Å². The van der Waals surface area contributed by atoms with Gasteiger partial charge in [-0.1, -0.05) is 18.1 Å². The zero-order chi connectivity index (χ0) is 13.0. The molecule has 0 bridgehead atoms. The van der Waals surface area contributed by atoms with E-state index in [1.165, 1.54) is 6.07 Å². The molecule has 2 rings (SSSR count). The Balaban J connectivity index is 2.28. The van der Waals surface area contributed by atoms with Crippen LogP contribution in [0, 0.1) is 11.8 Å². The molecule has 0 amide bonds. The number of aromatic amines is 1. The van der Waals surface area contributed by atoms with E-state index >= 15 is 0 Å². The SMILES string of the molecule is O=CC#Cc1ccc(-c2cc(C(=O)O)[nH]n2)cc1. The predicted octanol–water partition coefficient (Wildman–Crippen LogP) is 1.33. The minimum absolute atomic E-state index is 0.0369. The molecule has 0 spiro atoms. The lowest BCUT2D eigenvalue weighted by atomic mass is 10.1. The summed E-state index contributed by atoms with van der Waals surface area (Å²) in [5, 5.41) is 15.1. The van der Waals surface area contributed by atoms with E-state index in [0.29, 0.717) is 17.5 Å². The van der Waals surface area contributed by atoms with Crippen LogP contribution in [0.2, 0.25) is 0 Å². The number of aromatic carboxylic acids is 1. The van der Waals surface area contributed by atoms with Gasteiger partial charge in [0.05, 0.1) is 5.69 Å². The minimum Gasteiger partial charge on any atom is -0.477 e. The first-order chi connectivity index (χ1) is 8.70. The first-order valence-corrected chi connectivity index (χ1v) is 5.05. The Morgan fingerprint density at radius 2 is 2.06 bits per heavy atom. The van der Waals surface area contributed by atoms with Crippen molar-refractivity contribution in [2.24, 2.45) is 0 Å². The number of nitrogens with one attached hydrogen (secondary N) is 1. The van der Waals surface area contributed by atoms with Gasteiger partial charge in [-0.25, -0.2) is 4.79 Å². The fraction of sp³-hybridized carbons (Fsp3) is 0. The Kier molecular flexibility index (Phi) is 3.21. The third-order valence-corrected chi connectivity index (χ3v) is 2.26. The maximum absolute atomic E-state index is 10.7. The predicted molar refractivity (Wildman–Crippen MR) is 63.9 cm³/mol. The normalized spacial score (nSPS) is 9.33. The van der Waals surface area contributed by atoms with Gasteiger partial charge < -0.3 is 5.11 Å². The summed E-state index contributed by atoms with van der Waals surface area (Å²) in [6.45, 7) is 0. The molecule has 0 saturated heterocycles. The Hall–Kier alpha value is -2.87. The number of hydrogen-bond acceptors (Lipinski definition) is 3. The Morgan fingerprint density at radius 1 is 1.33 bits per heavy atom. The van der Waals surface area contributed by atoms with Crippen molar-refractivity contribution in [3.05, 3.63) is 41.6 Å². The highest BCUT2D eigenvalue weighted by Gasteiger charge is 2.08. The van der Waals surface area contributed by atoms with Crippen LogP contribution >= 0.6 is 0 Å². The summed E-state index contributed by atoms with van der Waals surface area (Å²) in [6.07, 6.45) is 0.529. The highest BCUT2D eigenvalue weighted by Crippen LogP contribution is 2.18. The van der Waals surface area contributed by atoms with E-state index in [2.05, 4.69) is 22.0 Å². The summed E-state index contributed by atoms with van der Waals surface area (Å²) in [5.41, 5.74) is 2.06. The summed E-state index contributed by atoms with van der Waals surface area (Å²) in [5.74, 6) is 3.92. The summed E-state index contributed by atoms with van der Waals surface area (Å²) in [4.78, 5) is 20.8. The molecule has 0 aliphatic carbocycles. The standard InChI is InChI=1S/C13H8N2O3/c16-7-1-2-9-3-5-10(6-4-9)11-8-12(13(17)18)15-14-11/h3-8H,(H,14,15)(H,17,18). The molecule has 0 aliphatic heterocycles. The second-order valence-corrected chi connectivity index (χ2v) is 3.44. The summed E-state index contributed by atoms with van der Waals surface area (Å²) in [6, 6.07) is 8.45. The zero-order valence-electron chi connectivity index (χ0n) is 9.18. The van der Waals surface area contributed by atoms with E-state index < -0.39 is 5.97 Å². The molecule has 0 radical (unpaired) electrons. The van der Waals surface area contributed by atoms with Gasteiger partial charge in [0, 0.05) is 11.1 Å². The fourth-order valence-corrected chi connectivity index (χ4v) is 1.42. The zero-order valence-corrected chi connectivity index (χ0v) is 9.18. The molecule has 5 nitrogen and oxygen atoms in total. The van der Waals surface area contributed by atoms with Crippen molar-refractivity contribution in [3.63, 3.8) is 0 Å². The number of carboxylic acids is 1. The number of H-pyrrole nitrogens is 1. The number of carbonyl (C=O) groups is 2. The van der Waals surface area contributed by atoms with Gasteiger partial charge in [0.15, 0.2) is 6.29 Å². The van der Waals surface area contributed by atoms with E-state index in [0.717, 1.165) is 5.56 Å². The molecular formula is C13H8N2O3. The molecule has 1 aromatic carbocycles. The van der Waals surface area contributed by atoms with Crippen molar-refractivity contribution in [2.45, 2.75) is 0 Å². The molecule has 18 heavy (non-hydrogen) atoms. The molecular weight excluding hydrogens is 232 g/mol. The molecule has 88 valence electrons. The van der Waals surface area contributed by atoms with Crippen LogP contribution < -0.4 is 0 Å². The first kappa shape index (κ1) is 11.6. The van der Waals surface area contributed by atoms with Gasteiger partial charge in [-0.2, -0.15) is 5.10 Å².